The van der Waals surface area contributed by atoms with Crippen molar-refractivity contribution in [2.75, 3.05) is 13.7 Å². The van der Waals surface area contributed by atoms with Gasteiger partial charge in [0.05, 0.1) is 13.0 Å². The van der Waals surface area contributed by atoms with E-state index >= 15 is 0 Å². The number of aliphatic hydroxyl groups excluding tert-OH is 1. The zero-order valence-corrected chi connectivity index (χ0v) is 12.6. The number of carbonyl (C=O) groups is 1. The van der Waals surface area contributed by atoms with E-state index in [1.807, 2.05) is 12.1 Å². The second-order valence-electron chi connectivity index (χ2n) is 5.14. The van der Waals surface area contributed by atoms with Crippen molar-refractivity contribution in [3.8, 4) is 0 Å². The van der Waals surface area contributed by atoms with E-state index in [1.54, 1.807) is 0 Å². The molecule has 0 aliphatic carbocycles. The topological polar surface area (TPSA) is 46.5 Å². The predicted molar refractivity (Wildman–Crippen MR) is 80.7 cm³/mol. The molecule has 1 unspecified atom stereocenters. The van der Waals surface area contributed by atoms with E-state index in [0.29, 0.717) is 0 Å². The number of esters is 1. The first-order chi connectivity index (χ1) is 9.72. The molecule has 0 spiro atoms. The molecule has 0 heterocycles. The second kappa shape index (κ2) is 9.54. The SMILES string of the molecule is CCCCc1ccc(C(CCCCO)C(=O)OC)cc1. The van der Waals surface area contributed by atoms with Gasteiger partial charge < -0.3 is 9.84 Å². The van der Waals surface area contributed by atoms with Gasteiger partial charge in [0.15, 0.2) is 0 Å². The molecule has 0 radical (unpaired) electrons. The van der Waals surface area contributed by atoms with Gasteiger partial charge in [0.1, 0.15) is 0 Å². The Morgan fingerprint density at radius 1 is 1.20 bits per heavy atom. The molecule has 1 aromatic carbocycles. The van der Waals surface area contributed by atoms with E-state index in [1.165, 1.54) is 25.5 Å². The fraction of sp³-hybridized carbons (Fsp3) is 0.588. The number of carbonyl (C=O) groups excluding carboxylic acids is 1. The number of aryl methyl sites for hydroxylation is 1. The molecule has 0 amide bonds. The summed E-state index contributed by atoms with van der Waals surface area (Å²) >= 11 is 0. The van der Waals surface area contributed by atoms with Crippen LogP contribution in [0.1, 0.15) is 56.1 Å². The van der Waals surface area contributed by atoms with Gasteiger partial charge in [-0.25, -0.2) is 0 Å². The Kier molecular flexibility index (Phi) is 7.97. The molecule has 0 saturated heterocycles. The standard InChI is InChI=1S/C17H26O3/c1-3-4-7-14-9-11-15(12-10-14)16(17(19)20-2)8-5-6-13-18/h9-12,16,18H,3-8,13H2,1-2H3. The summed E-state index contributed by atoms with van der Waals surface area (Å²) in [4.78, 5) is 11.9. The van der Waals surface area contributed by atoms with Crippen LogP contribution in [0.15, 0.2) is 24.3 Å². The van der Waals surface area contributed by atoms with Gasteiger partial charge in [0.2, 0.25) is 0 Å². The molecule has 112 valence electrons. The van der Waals surface area contributed by atoms with Crippen molar-refractivity contribution < 1.29 is 14.6 Å². The van der Waals surface area contributed by atoms with Gasteiger partial charge in [-0.1, -0.05) is 37.6 Å². The second-order valence-corrected chi connectivity index (χ2v) is 5.14. The fourth-order valence-electron chi connectivity index (χ4n) is 2.32. The summed E-state index contributed by atoms with van der Waals surface area (Å²) in [6.07, 6.45) is 5.74. The molecule has 0 fully saturated rings. The summed E-state index contributed by atoms with van der Waals surface area (Å²) in [6.45, 7) is 2.35. The molecule has 1 N–H and O–H groups in total. The van der Waals surface area contributed by atoms with Crippen molar-refractivity contribution in [1.29, 1.82) is 0 Å². The van der Waals surface area contributed by atoms with Crippen LogP contribution >= 0.6 is 0 Å². The van der Waals surface area contributed by atoms with Crippen LogP contribution in [0.4, 0.5) is 0 Å². The van der Waals surface area contributed by atoms with Crippen molar-refractivity contribution in [2.24, 2.45) is 0 Å². The maximum Gasteiger partial charge on any atom is 0.313 e. The van der Waals surface area contributed by atoms with Gasteiger partial charge in [0, 0.05) is 6.61 Å². The molecular weight excluding hydrogens is 252 g/mol. The van der Waals surface area contributed by atoms with E-state index in [9.17, 15) is 4.79 Å². The van der Waals surface area contributed by atoms with E-state index < -0.39 is 0 Å². The van der Waals surface area contributed by atoms with Gasteiger partial charge in [-0.05, 0) is 43.2 Å². The van der Waals surface area contributed by atoms with Crippen molar-refractivity contribution in [3.63, 3.8) is 0 Å². The molecule has 0 aliphatic rings. The molecule has 3 nitrogen and oxygen atoms in total. The molecule has 0 aliphatic heterocycles. The minimum atomic E-state index is -0.216. The third kappa shape index (κ3) is 5.33. The first kappa shape index (κ1) is 16.7. The Morgan fingerprint density at radius 2 is 1.90 bits per heavy atom. The number of benzene rings is 1. The summed E-state index contributed by atoms with van der Waals surface area (Å²) < 4.78 is 4.89. The Balaban J connectivity index is 2.71. The highest BCUT2D eigenvalue weighted by atomic mass is 16.5. The number of methoxy groups -OCH3 is 1. The van der Waals surface area contributed by atoms with Gasteiger partial charge in [-0.15, -0.1) is 0 Å². The maximum absolute atomic E-state index is 11.9. The summed E-state index contributed by atoms with van der Waals surface area (Å²) in [5, 5.41) is 8.85. The van der Waals surface area contributed by atoms with Crippen molar-refractivity contribution in [2.45, 2.75) is 51.4 Å². The van der Waals surface area contributed by atoms with Crippen LogP contribution in [0, 0.1) is 0 Å². The normalized spacial score (nSPS) is 12.2. The first-order valence-corrected chi connectivity index (χ1v) is 7.50. The molecule has 1 aromatic rings. The molecule has 0 aromatic heterocycles. The van der Waals surface area contributed by atoms with E-state index in [4.69, 9.17) is 9.84 Å². The lowest BCUT2D eigenvalue weighted by atomic mass is 9.92. The number of hydrogen-bond acceptors (Lipinski definition) is 3. The highest BCUT2D eigenvalue weighted by Crippen LogP contribution is 2.24. The van der Waals surface area contributed by atoms with E-state index in [0.717, 1.165) is 31.2 Å². The smallest absolute Gasteiger partial charge is 0.313 e. The summed E-state index contributed by atoms with van der Waals surface area (Å²) in [5.74, 6) is -0.406. The Bertz CT molecular complexity index is 384. The third-order valence-electron chi connectivity index (χ3n) is 3.59. The van der Waals surface area contributed by atoms with E-state index in [-0.39, 0.29) is 18.5 Å². The molecule has 0 saturated carbocycles. The Hall–Kier alpha value is -1.35. The summed E-state index contributed by atoms with van der Waals surface area (Å²) in [6, 6.07) is 8.27. The van der Waals surface area contributed by atoms with Crippen LogP contribution in [0.25, 0.3) is 0 Å². The summed E-state index contributed by atoms with van der Waals surface area (Å²) in [7, 11) is 1.43. The zero-order valence-electron chi connectivity index (χ0n) is 12.6. The lowest BCUT2D eigenvalue weighted by Crippen LogP contribution is -2.14. The fourth-order valence-corrected chi connectivity index (χ4v) is 2.32. The average Bonchev–Trinajstić information content (AvgIpc) is 2.49. The Morgan fingerprint density at radius 3 is 2.45 bits per heavy atom. The van der Waals surface area contributed by atoms with Crippen LogP contribution in [0.2, 0.25) is 0 Å². The highest BCUT2D eigenvalue weighted by molar-refractivity contribution is 5.78. The van der Waals surface area contributed by atoms with Crippen LogP contribution < -0.4 is 0 Å². The molecule has 1 atom stereocenters. The van der Waals surface area contributed by atoms with Crippen LogP contribution in [0.5, 0.6) is 0 Å². The number of hydrogen-bond donors (Lipinski definition) is 1. The van der Waals surface area contributed by atoms with Crippen LogP contribution in [-0.4, -0.2) is 24.8 Å². The van der Waals surface area contributed by atoms with Gasteiger partial charge in [-0.2, -0.15) is 0 Å². The minimum absolute atomic E-state index is 0.170. The van der Waals surface area contributed by atoms with Crippen LogP contribution in [-0.2, 0) is 16.0 Å². The number of unbranched alkanes of at least 4 members (excludes halogenated alkanes) is 2. The minimum Gasteiger partial charge on any atom is -0.469 e. The molecule has 0 bridgehead atoms. The lowest BCUT2D eigenvalue weighted by molar-refractivity contribution is -0.142. The molecule has 20 heavy (non-hydrogen) atoms. The summed E-state index contributed by atoms with van der Waals surface area (Å²) in [5.41, 5.74) is 2.32. The van der Waals surface area contributed by atoms with Crippen molar-refractivity contribution in [1.82, 2.24) is 0 Å². The monoisotopic (exact) mass is 278 g/mol. The van der Waals surface area contributed by atoms with E-state index in [2.05, 4.69) is 19.1 Å². The highest BCUT2D eigenvalue weighted by Gasteiger charge is 2.20. The van der Waals surface area contributed by atoms with Gasteiger partial charge >= 0.3 is 5.97 Å². The molecule has 1 rings (SSSR count). The number of ether oxygens (including phenoxy) is 1. The average molecular weight is 278 g/mol. The zero-order chi connectivity index (χ0) is 14.8. The first-order valence-electron chi connectivity index (χ1n) is 7.50. The third-order valence-corrected chi connectivity index (χ3v) is 3.59. The molecule has 3 heteroatoms. The quantitative estimate of drug-likeness (QED) is 0.556. The lowest BCUT2D eigenvalue weighted by Gasteiger charge is -2.15. The largest absolute Gasteiger partial charge is 0.469 e. The van der Waals surface area contributed by atoms with Crippen LogP contribution in [0.3, 0.4) is 0 Å². The number of aliphatic hydroxyl groups is 1. The Labute approximate surface area is 122 Å². The molecular formula is C17H26O3. The number of rotatable bonds is 9. The van der Waals surface area contributed by atoms with Crippen molar-refractivity contribution >= 4 is 5.97 Å². The predicted octanol–water partition coefficient (Wildman–Crippen LogP) is 3.45. The van der Waals surface area contributed by atoms with Crippen molar-refractivity contribution in [3.05, 3.63) is 35.4 Å². The maximum atomic E-state index is 11.9. The van der Waals surface area contributed by atoms with Gasteiger partial charge in [0.25, 0.3) is 0 Å². The van der Waals surface area contributed by atoms with Gasteiger partial charge in [-0.3, -0.25) is 4.79 Å².